The van der Waals surface area contributed by atoms with E-state index in [-0.39, 0.29) is 5.56 Å². The lowest BCUT2D eigenvalue weighted by atomic mass is 10.1. The molecule has 0 aliphatic rings. The molecule has 1 radical (unpaired) electrons. The van der Waals surface area contributed by atoms with Crippen molar-refractivity contribution in [1.29, 1.82) is 0 Å². The van der Waals surface area contributed by atoms with E-state index >= 15 is 0 Å². The first-order valence-corrected chi connectivity index (χ1v) is 2.89. The van der Waals surface area contributed by atoms with Crippen LogP contribution in [0, 0.1) is 25.5 Å². The second-order valence-electron chi connectivity index (χ2n) is 2.16. The van der Waals surface area contributed by atoms with Crippen molar-refractivity contribution in [2.45, 2.75) is 6.92 Å². The van der Waals surface area contributed by atoms with Crippen LogP contribution in [0.15, 0.2) is 12.1 Å². The highest BCUT2D eigenvalue weighted by Crippen LogP contribution is 2.13. The van der Waals surface area contributed by atoms with Gasteiger partial charge in [0.2, 0.25) is 0 Å². The van der Waals surface area contributed by atoms with Crippen molar-refractivity contribution < 1.29 is 8.78 Å². The average molecular weight is 141 g/mol. The van der Waals surface area contributed by atoms with Gasteiger partial charge in [0, 0.05) is 5.56 Å². The van der Waals surface area contributed by atoms with Crippen LogP contribution in [0.1, 0.15) is 11.1 Å². The fourth-order valence-electron chi connectivity index (χ4n) is 0.715. The van der Waals surface area contributed by atoms with Crippen LogP contribution in [-0.4, -0.2) is 0 Å². The third-order valence-electron chi connectivity index (χ3n) is 1.38. The van der Waals surface area contributed by atoms with E-state index < -0.39 is 11.6 Å². The second-order valence-corrected chi connectivity index (χ2v) is 2.16. The molecule has 1 aromatic rings. The number of hydrogen-bond acceptors (Lipinski definition) is 0. The van der Waals surface area contributed by atoms with Crippen LogP contribution in [0.25, 0.3) is 0 Å². The van der Waals surface area contributed by atoms with Gasteiger partial charge in [-0.3, -0.25) is 0 Å². The Kier molecular flexibility index (Phi) is 1.70. The first-order valence-electron chi connectivity index (χ1n) is 2.89. The summed E-state index contributed by atoms with van der Waals surface area (Å²) in [5.74, 6) is -1.15. The van der Waals surface area contributed by atoms with Gasteiger partial charge in [-0.15, -0.1) is 0 Å². The molecule has 0 saturated carbocycles. The maximum Gasteiger partial charge on any atom is 0.132 e. The van der Waals surface area contributed by atoms with Crippen LogP contribution in [0.4, 0.5) is 8.78 Å². The van der Waals surface area contributed by atoms with Crippen molar-refractivity contribution >= 4 is 0 Å². The van der Waals surface area contributed by atoms with Crippen molar-refractivity contribution in [2.75, 3.05) is 0 Å². The summed E-state index contributed by atoms with van der Waals surface area (Å²) in [6, 6.07) is 2.60. The third kappa shape index (κ3) is 1.01. The van der Waals surface area contributed by atoms with Crippen molar-refractivity contribution in [3.8, 4) is 0 Å². The Labute approximate surface area is 58.5 Å². The number of aryl methyl sites for hydroxylation is 1. The highest BCUT2D eigenvalue weighted by molar-refractivity contribution is 5.28. The van der Waals surface area contributed by atoms with Crippen LogP contribution >= 0.6 is 0 Å². The predicted octanol–water partition coefficient (Wildman–Crippen LogP) is 2.46. The molecule has 0 fully saturated rings. The Hall–Kier alpha value is -0.920. The first-order chi connectivity index (χ1) is 4.63. The van der Waals surface area contributed by atoms with E-state index in [1.807, 2.05) is 0 Å². The minimum absolute atomic E-state index is 0.153. The minimum Gasteiger partial charge on any atom is -0.207 e. The fraction of sp³-hybridized carbons (Fsp3) is 0.125. The first kappa shape index (κ1) is 7.19. The summed E-state index contributed by atoms with van der Waals surface area (Å²) in [5, 5.41) is 0. The molecule has 1 rings (SSSR count). The summed E-state index contributed by atoms with van der Waals surface area (Å²) in [4.78, 5) is 0. The van der Waals surface area contributed by atoms with Crippen molar-refractivity contribution in [1.82, 2.24) is 0 Å². The minimum atomic E-state index is -0.594. The van der Waals surface area contributed by atoms with E-state index in [1.54, 1.807) is 6.92 Å². The quantitative estimate of drug-likeness (QED) is 0.520. The van der Waals surface area contributed by atoms with Gasteiger partial charge in [-0.05, 0) is 25.5 Å². The van der Waals surface area contributed by atoms with E-state index in [0.717, 1.165) is 0 Å². The standard InChI is InChI=1S/C8H7F2/c1-5-3-4-7(9)6(2)8(5)10/h3-4H,2H2,1H3. The predicted molar refractivity (Wildman–Crippen MR) is 35.6 cm³/mol. The lowest BCUT2D eigenvalue weighted by molar-refractivity contribution is 0.569. The zero-order valence-electron chi connectivity index (χ0n) is 5.62. The monoisotopic (exact) mass is 141 g/mol. The van der Waals surface area contributed by atoms with Gasteiger partial charge in [-0.25, -0.2) is 8.78 Å². The van der Waals surface area contributed by atoms with E-state index in [9.17, 15) is 8.78 Å². The summed E-state index contributed by atoms with van der Waals surface area (Å²) < 4.78 is 25.1. The Morgan fingerprint density at radius 2 is 1.90 bits per heavy atom. The normalized spacial score (nSPS) is 10.0. The van der Waals surface area contributed by atoms with Gasteiger partial charge >= 0.3 is 0 Å². The summed E-state index contributed by atoms with van der Waals surface area (Å²) in [6.07, 6.45) is 0. The molecule has 0 unspecified atom stereocenters. The number of benzene rings is 1. The highest BCUT2D eigenvalue weighted by Gasteiger charge is 2.04. The molecule has 0 amide bonds. The van der Waals surface area contributed by atoms with Gasteiger partial charge in [0.05, 0.1) is 0 Å². The van der Waals surface area contributed by atoms with Crippen LogP contribution < -0.4 is 0 Å². The molecule has 2 heteroatoms. The van der Waals surface area contributed by atoms with E-state index in [0.29, 0.717) is 5.56 Å². The summed E-state index contributed by atoms with van der Waals surface area (Å²) in [6.45, 7) is 4.80. The largest absolute Gasteiger partial charge is 0.207 e. The van der Waals surface area contributed by atoms with Gasteiger partial charge in [0.15, 0.2) is 0 Å². The average Bonchev–Trinajstić information content (AvgIpc) is 1.93. The Balaban J connectivity index is 3.34. The molecule has 10 heavy (non-hydrogen) atoms. The molecule has 0 spiro atoms. The molecule has 1 aromatic carbocycles. The van der Waals surface area contributed by atoms with E-state index in [2.05, 4.69) is 6.92 Å². The van der Waals surface area contributed by atoms with Crippen molar-refractivity contribution in [3.63, 3.8) is 0 Å². The molecule has 0 aromatic heterocycles. The van der Waals surface area contributed by atoms with Crippen LogP contribution in [0.5, 0.6) is 0 Å². The van der Waals surface area contributed by atoms with Crippen molar-refractivity contribution in [3.05, 3.63) is 41.8 Å². The van der Waals surface area contributed by atoms with Gasteiger partial charge in [-0.2, -0.15) is 0 Å². The molecular formula is C8H7F2. The fourth-order valence-corrected chi connectivity index (χ4v) is 0.715. The molecule has 53 valence electrons. The third-order valence-corrected chi connectivity index (χ3v) is 1.38. The van der Waals surface area contributed by atoms with Gasteiger partial charge in [0.25, 0.3) is 0 Å². The SMILES string of the molecule is [CH2]c1c(F)ccc(C)c1F. The maximum atomic E-state index is 12.7. The van der Waals surface area contributed by atoms with Crippen LogP contribution in [0.3, 0.4) is 0 Å². The molecular weight excluding hydrogens is 134 g/mol. The number of rotatable bonds is 0. The molecule has 0 N–H and O–H groups in total. The van der Waals surface area contributed by atoms with Gasteiger partial charge in [0.1, 0.15) is 11.6 Å². The maximum absolute atomic E-state index is 12.7. The van der Waals surface area contributed by atoms with E-state index in [4.69, 9.17) is 0 Å². The molecule has 0 nitrogen and oxygen atoms in total. The van der Waals surface area contributed by atoms with Gasteiger partial charge in [-0.1, -0.05) is 6.07 Å². The van der Waals surface area contributed by atoms with E-state index in [1.165, 1.54) is 12.1 Å². The Bertz CT molecular complexity index is 227. The Morgan fingerprint density at radius 1 is 1.30 bits per heavy atom. The lowest BCUT2D eigenvalue weighted by Crippen LogP contribution is -1.90. The number of halogens is 2. The van der Waals surface area contributed by atoms with Crippen LogP contribution in [-0.2, 0) is 0 Å². The topological polar surface area (TPSA) is 0 Å². The molecule has 0 aliphatic heterocycles. The lowest BCUT2D eigenvalue weighted by Gasteiger charge is -1.99. The Morgan fingerprint density at radius 3 is 2.40 bits per heavy atom. The summed E-state index contributed by atoms with van der Waals surface area (Å²) in [7, 11) is 0. The zero-order valence-corrected chi connectivity index (χ0v) is 5.62. The smallest absolute Gasteiger partial charge is 0.132 e. The molecule has 0 saturated heterocycles. The summed E-state index contributed by atoms with van der Waals surface area (Å²) in [5.41, 5.74) is 0.270. The second kappa shape index (κ2) is 2.37. The molecule has 0 atom stereocenters. The summed E-state index contributed by atoms with van der Waals surface area (Å²) >= 11 is 0. The molecule has 0 heterocycles. The van der Waals surface area contributed by atoms with Crippen molar-refractivity contribution in [2.24, 2.45) is 0 Å². The number of hydrogen-bond donors (Lipinski definition) is 0. The molecule has 0 aliphatic carbocycles. The zero-order chi connectivity index (χ0) is 7.72. The van der Waals surface area contributed by atoms with Gasteiger partial charge < -0.3 is 0 Å². The van der Waals surface area contributed by atoms with Crippen LogP contribution in [0.2, 0.25) is 0 Å². The molecule has 0 bridgehead atoms. The highest BCUT2D eigenvalue weighted by atomic mass is 19.1.